The van der Waals surface area contributed by atoms with Crippen LogP contribution in [0.5, 0.6) is 17.2 Å². The van der Waals surface area contributed by atoms with E-state index in [1.807, 2.05) is 0 Å². The summed E-state index contributed by atoms with van der Waals surface area (Å²) in [6, 6.07) is 10.1. The number of hydrogen-bond acceptors (Lipinski definition) is 18. The molecule has 2 saturated heterocycles. The second kappa shape index (κ2) is 17.7. The highest BCUT2D eigenvalue weighted by Crippen LogP contribution is 2.30. The number of rotatable bonds is 14. The van der Waals surface area contributed by atoms with E-state index in [1.54, 1.807) is 0 Å². The quantitative estimate of drug-likeness (QED) is 0.0737. The average molecular weight is 741 g/mol. The van der Waals surface area contributed by atoms with Gasteiger partial charge in [0.05, 0.1) is 20.3 Å². The largest absolute Gasteiger partial charge is 0.504 e. The molecule has 0 saturated carbocycles. The number of phenols is 1. The van der Waals surface area contributed by atoms with Gasteiger partial charge in [-0.15, -0.1) is 0 Å². The fraction of sp³-hybridized carbons (Fsp3) is 0.529. The Morgan fingerprint density at radius 3 is 1.98 bits per heavy atom. The SMILES string of the molecule is COc1cc(C=CC(=O)OC(C)(C)C(OC2OC(CO)C(O)C(O)C2O)C(=O)OCc2ccc(OC3OC(CO)C(O)C(O)C3O)cc2)ccc1O. The third-order valence-corrected chi connectivity index (χ3v) is 8.35. The molecular formula is C34H44O18. The van der Waals surface area contributed by atoms with E-state index in [9.17, 15) is 55.5 Å². The number of ether oxygens (including phenoxy) is 7. The molecule has 18 nitrogen and oxygen atoms in total. The van der Waals surface area contributed by atoms with Gasteiger partial charge in [-0.1, -0.05) is 18.2 Å². The summed E-state index contributed by atoms with van der Waals surface area (Å²) in [5.74, 6) is -1.86. The minimum atomic E-state index is -1.90. The number of aromatic hydroxyl groups is 1. The third-order valence-electron chi connectivity index (χ3n) is 8.35. The van der Waals surface area contributed by atoms with Crippen LogP contribution >= 0.6 is 0 Å². The summed E-state index contributed by atoms with van der Waals surface area (Å²) in [5, 5.41) is 90.0. The van der Waals surface area contributed by atoms with Crippen LogP contribution in [0.4, 0.5) is 0 Å². The lowest BCUT2D eigenvalue weighted by Gasteiger charge is -2.42. The molecule has 0 amide bonds. The normalized spacial score (nSPS) is 30.1. The Kier molecular flexibility index (Phi) is 13.9. The number of carbonyl (C=O) groups is 2. The van der Waals surface area contributed by atoms with Gasteiger partial charge in [0.1, 0.15) is 66.8 Å². The van der Waals surface area contributed by atoms with Crippen molar-refractivity contribution in [2.24, 2.45) is 0 Å². The van der Waals surface area contributed by atoms with Crippen molar-refractivity contribution in [2.45, 2.75) is 93.6 Å². The number of esters is 2. The number of aliphatic hydroxyl groups excluding tert-OH is 8. The van der Waals surface area contributed by atoms with Crippen LogP contribution < -0.4 is 9.47 Å². The van der Waals surface area contributed by atoms with Crippen molar-refractivity contribution in [2.75, 3.05) is 20.3 Å². The van der Waals surface area contributed by atoms with Crippen LogP contribution in [-0.2, 0) is 39.9 Å². The molecule has 11 atom stereocenters. The highest BCUT2D eigenvalue weighted by atomic mass is 16.7. The van der Waals surface area contributed by atoms with Crippen LogP contribution in [0.25, 0.3) is 6.08 Å². The van der Waals surface area contributed by atoms with Crippen molar-refractivity contribution in [3.8, 4) is 17.2 Å². The Morgan fingerprint density at radius 1 is 0.827 bits per heavy atom. The first kappa shape index (κ1) is 40.8. The molecule has 0 bridgehead atoms. The van der Waals surface area contributed by atoms with Crippen LogP contribution in [-0.4, -0.2) is 151 Å². The van der Waals surface area contributed by atoms with Gasteiger partial charge in [0.15, 0.2) is 23.9 Å². The van der Waals surface area contributed by atoms with Crippen molar-refractivity contribution in [3.63, 3.8) is 0 Å². The number of carbonyl (C=O) groups excluding carboxylic acids is 2. The molecule has 2 heterocycles. The Morgan fingerprint density at radius 2 is 1.40 bits per heavy atom. The lowest BCUT2D eigenvalue weighted by atomic mass is 9.98. The van der Waals surface area contributed by atoms with Gasteiger partial charge in [-0.3, -0.25) is 0 Å². The van der Waals surface area contributed by atoms with Crippen molar-refractivity contribution in [1.82, 2.24) is 0 Å². The molecule has 288 valence electrons. The number of benzene rings is 2. The Balaban J connectivity index is 1.47. The first-order valence-electron chi connectivity index (χ1n) is 16.1. The molecule has 52 heavy (non-hydrogen) atoms. The highest BCUT2D eigenvalue weighted by Gasteiger charge is 2.49. The molecule has 2 aliphatic rings. The smallest absolute Gasteiger partial charge is 0.339 e. The Bertz CT molecular complexity index is 1510. The van der Waals surface area contributed by atoms with E-state index < -0.39 is 98.3 Å². The van der Waals surface area contributed by atoms with Crippen LogP contribution in [0.3, 0.4) is 0 Å². The van der Waals surface area contributed by atoms with E-state index in [2.05, 4.69) is 0 Å². The van der Waals surface area contributed by atoms with Crippen LogP contribution in [0.1, 0.15) is 25.0 Å². The van der Waals surface area contributed by atoms with Crippen molar-refractivity contribution in [3.05, 3.63) is 59.7 Å². The van der Waals surface area contributed by atoms with Gasteiger partial charge in [0, 0.05) is 6.08 Å². The van der Waals surface area contributed by atoms with Crippen molar-refractivity contribution in [1.29, 1.82) is 0 Å². The second-order valence-corrected chi connectivity index (χ2v) is 12.6. The van der Waals surface area contributed by atoms with Crippen LogP contribution in [0.15, 0.2) is 48.5 Å². The molecule has 2 aromatic carbocycles. The molecule has 2 fully saturated rings. The molecule has 2 aliphatic heterocycles. The van der Waals surface area contributed by atoms with E-state index >= 15 is 0 Å². The van der Waals surface area contributed by atoms with E-state index in [4.69, 9.17) is 33.2 Å². The Hall–Kier alpha value is -3.92. The molecular weight excluding hydrogens is 696 g/mol. The molecule has 0 aromatic heterocycles. The van der Waals surface area contributed by atoms with Gasteiger partial charge in [-0.2, -0.15) is 0 Å². The standard InChI is InChI=1S/C34H44O18/c1-34(2,52-23(38)11-7-16-6-10-19(37)20(12-16)46-3)30(51-33-29(44)27(42)25(40)22(14-36)50-33)31(45)47-15-17-4-8-18(9-5-17)48-32-28(43)26(41)24(39)21(13-35)49-32/h4-12,21-22,24-30,32-33,35-37,39-44H,13-15H2,1-3H3. The number of hydrogen-bond donors (Lipinski definition) is 9. The van der Waals surface area contributed by atoms with Gasteiger partial charge >= 0.3 is 11.9 Å². The van der Waals surface area contributed by atoms with Crippen molar-refractivity contribution >= 4 is 18.0 Å². The lowest BCUT2D eigenvalue weighted by molar-refractivity contribution is -0.320. The zero-order chi connectivity index (χ0) is 38.3. The molecule has 18 heteroatoms. The van der Waals surface area contributed by atoms with E-state index in [0.717, 1.165) is 6.08 Å². The second-order valence-electron chi connectivity index (χ2n) is 12.6. The molecule has 0 radical (unpaired) electrons. The van der Waals surface area contributed by atoms with E-state index in [0.29, 0.717) is 11.1 Å². The fourth-order valence-corrected chi connectivity index (χ4v) is 5.32. The summed E-state index contributed by atoms with van der Waals surface area (Å²) in [5.41, 5.74) is -0.974. The number of methoxy groups -OCH3 is 1. The highest BCUT2D eigenvalue weighted by molar-refractivity contribution is 5.88. The topological polar surface area (TPSA) is 281 Å². The first-order valence-corrected chi connectivity index (χ1v) is 16.1. The molecule has 0 spiro atoms. The Labute approximate surface area is 297 Å². The average Bonchev–Trinajstić information content (AvgIpc) is 3.12. The molecule has 9 N–H and O–H groups in total. The van der Waals surface area contributed by atoms with Crippen LogP contribution in [0, 0.1) is 0 Å². The van der Waals surface area contributed by atoms with E-state index in [-0.39, 0.29) is 23.9 Å². The minimum absolute atomic E-state index is 0.118. The predicted octanol–water partition coefficient (Wildman–Crippen LogP) is -2.16. The zero-order valence-corrected chi connectivity index (χ0v) is 28.4. The molecule has 0 aliphatic carbocycles. The maximum absolute atomic E-state index is 13.6. The van der Waals surface area contributed by atoms with Gasteiger partial charge in [-0.25, -0.2) is 9.59 Å². The molecule has 4 rings (SSSR count). The molecule has 11 unspecified atom stereocenters. The summed E-state index contributed by atoms with van der Waals surface area (Å²) in [6.45, 7) is 0.826. The minimum Gasteiger partial charge on any atom is -0.504 e. The van der Waals surface area contributed by atoms with Crippen molar-refractivity contribution < 1.29 is 88.7 Å². The maximum atomic E-state index is 13.6. The summed E-state index contributed by atoms with van der Waals surface area (Å²) in [4.78, 5) is 26.5. The monoisotopic (exact) mass is 740 g/mol. The summed E-state index contributed by atoms with van der Waals surface area (Å²) in [7, 11) is 1.35. The number of phenolic OH excluding ortho intramolecular Hbond substituents is 1. The van der Waals surface area contributed by atoms with Gasteiger partial charge in [0.2, 0.25) is 6.29 Å². The van der Waals surface area contributed by atoms with Gasteiger partial charge in [0.25, 0.3) is 0 Å². The van der Waals surface area contributed by atoms with E-state index in [1.165, 1.54) is 69.5 Å². The third kappa shape index (κ3) is 9.73. The van der Waals surface area contributed by atoms with Gasteiger partial charge in [-0.05, 0) is 55.3 Å². The lowest BCUT2D eigenvalue weighted by Crippen LogP contribution is -2.61. The summed E-state index contributed by atoms with van der Waals surface area (Å²) < 4.78 is 38.1. The predicted molar refractivity (Wildman–Crippen MR) is 173 cm³/mol. The van der Waals surface area contributed by atoms with Gasteiger partial charge < -0.3 is 79.1 Å². The maximum Gasteiger partial charge on any atom is 0.339 e. The summed E-state index contributed by atoms with van der Waals surface area (Å²) in [6.07, 6.45) is -15.5. The fourth-order valence-electron chi connectivity index (χ4n) is 5.32. The van der Waals surface area contributed by atoms with Crippen LogP contribution in [0.2, 0.25) is 0 Å². The summed E-state index contributed by atoms with van der Waals surface area (Å²) >= 11 is 0. The first-order chi connectivity index (χ1) is 24.6. The molecule has 2 aromatic rings. The zero-order valence-electron chi connectivity index (χ0n) is 28.4. The number of aliphatic hydroxyl groups is 8.